The number of hydrogen-bond acceptors (Lipinski definition) is 3. The van der Waals surface area contributed by atoms with Crippen LogP contribution < -0.4 is 10.7 Å². The number of aryl methyl sites for hydroxylation is 1. The van der Waals surface area contributed by atoms with Crippen molar-refractivity contribution in [2.45, 2.75) is 45.1 Å². The second kappa shape index (κ2) is 6.77. The molecule has 1 atom stereocenters. The molecule has 1 amide bonds. The number of fused-ring (bicyclic) bond motifs is 3. The number of carbonyl (C=O) groups is 1. The van der Waals surface area contributed by atoms with Crippen molar-refractivity contribution in [1.82, 2.24) is 10.4 Å². The molecule has 1 aliphatic carbocycles. The van der Waals surface area contributed by atoms with E-state index in [-0.39, 0.29) is 11.9 Å². The molecule has 0 saturated carbocycles. The van der Waals surface area contributed by atoms with E-state index in [1.165, 1.54) is 28.8 Å². The van der Waals surface area contributed by atoms with Gasteiger partial charge in [0.2, 0.25) is 5.91 Å². The molecule has 4 nitrogen and oxygen atoms in total. The highest BCUT2D eigenvalue weighted by molar-refractivity contribution is 7.80. The Balaban J connectivity index is 1.85. The van der Waals surface area contributed by atoms with E-state index in [0.717, 1.165) is 23.4 Å². The number of benzene rings is 1. The van der Waals surface area contributed by atoms with Gasteiger partial charge in [-0.3, -0.25) is 10.2 Å². The summed E-state index contributed by atoms with van der Waals surface area (Å²) < 4.78 is 0. The summed E-state index contributed by atoms with van der Waals surface area (Å²) in [7, 11) is 0. The highest BCUT2D eigenvalue weighted by Gasteiger charge is 2.37. The topological polar surface area (TPSA) is 44.4 Å². The van der Waals surface area contributed by atoms with Crippen molar-refractivity contribution in [2.24, 2.45) is 0 Å². The smallest absolute Gasteiger partial charge is 0.238 e. The fourth-order valence-electron chi connectivity index (χ4n) is 3.66. The predicted octanol–water partition coefficient (Wildman–Crippen LogP) is 4.17. The zero-order chi connectivity index (χ0) is 17.4. The molecule has 2 aliphatic rings. The second-order valence-electron chi connectivity index (χ2n) is 6.46. The normalized spacial score (nSPS) is 19.0. The number of carbonyl (C=O) groups excluding carboxylic acids is 1. The summed E-state index contributed by atoms with van der Waals surface area (Å²) in [6.07, 6.45) is 5.15. The summed E-state index contributed by atoms with van der Waals surface area (Å²) in [4.78, 5) is 13.6. The highest BCUT2D eigenvalue weighted by Crippen LogP contribution is 2.47. The average molecular weight is 372 g/mol. The van der Waals surface area contributed by atoms with Gasteiger partial charge in [-0.2, -0.15) is 0 Å². The Bertz CT molecular complexity index is 816. The number of hydrazine groups is 1. The lowest BCUT2D eigenvalue weighted by molar-refractivity contribution is -0.124. The van der Waals surface area contributed by atoms with Crippen molar-refractivity contribution in [3.05, 3.63) is 51.9 Å². The van der Waals surface area contributed by atoms with Crippen LogP contribution in [0.15, 0.2) is 30.3 Å². The maximum absolute atomic E-state index is 12.1. The lowest BCUT2D eigenvalue weighted by Crippen LogP contribution is -2.52. The third kappa shape index (κ3) is 2.93. The Morgan fingerprint density at radius 3 is 2.84 bits per heavy atom. The van der Waals surface area contributed by atoms with Crippen molar-refractivity contribution in [2.75, 3.05) is 5.32 Å². The van der Waals surface area contributed by atoms with Crippen molar-refractivity contribution in [1.29, 1.82) is 0 Å². The quantitative estimate of drug-likeness (QED) is 0.795. The van der Waals surface area contributed by atoms with Crippen LogP contribution in [0.5, 0.6) is 0 Å². The van der Waals surface area contributed by atoms with Crippen molar-refractivity contribution in [3.63, 3.8) is 0 Å². The number of nitrogens with one attached hydrogen (secondary N) is 2. The van der Waals surface area contributed by atoms with E-state index in [1.54, 1.807) is 0 Å². The number of amides is 1. The van der Waals surface area contributed by atoms with Gasteiger partial charge in [0, 0.05) is 16.9 Å². The number of rotatable bonds is 3. The maximum atomic E-state index is 12.1. The van der Waals surface area contributed by atoms with Crippen LogP contribution in [0.2, 0.25) is 0 Å². The van der Waals surface area contributed by atoms with E-state index >= 15 is 0 Å². The van der Waals surface area contributed by atoms with Crippen molar-refractivity contribution < 1.29 is 4.79 Å². The average Bonchev–Trinajstić information content (AvgIpc) is 3.00. The molecule has 0 fully saturated rings. The molecular weight excluding hydrogens is 350 g/mol. The summed E-state index contributed by atoms with van der Waals surface area (Å²) >= 11 is 7.42. The first-order valence-corrected chi connectivity index (χ1v) is 10.0. The number of hydrogen-bond donors (Lipinski definition) is 2. The Labute approximate surface area is 157 Å². The van der Waals surface area contributed by atoms with Gasteiger partial charge in [0.25, 0.3) is 0 Å². The standard InChI is InChI=1S/C19H21N3OS2/c1-2-15(23)21-22-17(12-8-4-3-5-9-12)16-13-10-6-7-11-14(13)25-18(16)20-19(22)24/h3-5,8-9,17H,2,6-7,10-11H2,1H3,(H,20,24)(H,21,23). The molecule has 4 rings (SSSR count). The monoisotopic (exact) mass is 371 g/mol. The van der Waals surface area contributed by atoms with Crippen LogP contribution in [0.25, 0.3) is 0 Å². The maximum Gasteiger partial charge on any atom is 0.238 e. The summed E-state index contributed by atoms with van der Waals surface area (Å²) in [6.45, 7) is 1.85. The van der Waals surface area contributed by atoms with E-state index in [9.17, 15) is 4.79 Å². The number of thiophene rings is 1. The van der Waals surface area contributed by atoms with Crippen LogP contribution in [-0.4, -0.2) is 16.0 Å². The molecule has 1 aliphatic heterocycles. The fraction of sp³-hybridized carbons (Fsp3) is 0.368. The minimum atomic E-state index is -0.0708. The summed E-state index contributed by atoms with van der Waals surface area (Å²) in [6, 6.07) is 10.2. The predicted molar refractivity (Wildman–Crippen MR) is 106 cm³/mol. The second-order valence-corrected chi connectivity index (χ2v) is 7.95. The van der Waals surface area contributed by atoms with Crippen LogP contribution in [0.4, 0.5) is 5.00 Å². The third-order valence-electron chi connectivity index (χ3n) is 4.86. The Morgan fingerprint density at radius 2 is 2.08 bits per heavy atom. The summed E-state index contributed by atoms with van der Waals surface area (Å²) in [5.74, 6) is -0.0300. The van der Waals surface area contributed by atoms with Gasteiger partial charge in [-0.1, -0.05) is 37.3 Å². The van der Waals surface area contributed by atoms with Crippen LogP contribution in [0.1, 0.15) is 53.8 Å². The first-order chi connectivity index (χ1) is 12.2. The lowest BCUT2D eigenvalue weighted by Gasteiger charge is -2.38. The van der Waals surface area contributed by atoms with Crippen molar-refractivity contribution in [3.8, 4) is 0 Å². The van der Waals surface area contributed by atoms with E-state index in [2.05, 4.69) is 22.9 Å². The van der Waals surface area contributed by atoms with Gasteiger partial charge in [-0.25, -0.2) is 5.01 Å². The van der Waals surface area contributed by atoms with Gasteiger partial charge >= 0.3 is 0 Å². The zero-order valence-electron chi connectivity index (χ0n) is 14.2. The van der Waals surface area contributed by atoms with Crippen LogP contribution in [-0.2, 0) is 17.6 Å². The van der Waals surface area contributed by atoms with Crippen LogP contribution in [0.3, 0.4) is 0 Å². The molecule has 25 heavy (non-hydrogen) atoms. The van der Waals surface area contributed by atoms with E-state index < -0.39 is 0 Å². The van der Waals surface area contributed by atoms with Gasteiger partial charge in [0.05, 0.1) is 0 Å². The molecule has 2 aromatic rings. The molecule has 0 saturated heterocycles. The largest absolute Gasteiger partial charge is 0.323 e. The number of anilines is 1. The van der Waals surface area contributed by atoms with Gasteiger partial charge < -0.3 is 5.32 Å². The molecular formula is C19H21N3OS2. The molecule has 1 aromatic carbocycles. The molecule has 0 radical (unpaired) electrons. The molecule has 2 heterocycles. The van der Waals surface area contributed by atoms with Gasteiger partial charge in [0.1, 0.15) is 11.0 Å². The fourth-order valence-corrected chi connectivity index (χ4v) is 5.29. The van der Waals surface area contributed by atoms with Gasteiger partial charge in [0.15, 0.2) is 5.11 Å². The highest BCUT2D eigenvalue weighted by atomic mass is 32.1. The minimum Gasteiger partial charge on any atom is -0.323 e. The van der Waals surface area contributed by atoms with E-state index in [0.29, 0.717) is 11.5 Å². The molecule has 2 N–H and O–H groups in total. The van der Waals surface area contributed by atoms with Crippen LogP contribution in [0, 0.1) is 0 Å². The Hall–Kier alpha value is -1.92. The first kappa shape index (κ1) is 16.5. The lowest BCUT2D eigenvalue weighted by atomic mass is 9.89. The molecule has 6 heteroatoms. The summed E-state index contributed by atoms with van der Waals surface area (Å²) in [5.41, 5.74) is 6.89. The third-order valence-corrected chi connectivity index (χ3v) is 6.39. The molecule has 1 aromatic heterocycles. The first-order valence-electron chi connectivity index (χ1n) is 8.78. The molecule has 0 spiro atoms. The molecule has 1 unspecified atom stereocenters. The SMILES string of the molecule is CCC(=O)NN1C(=S)Nc2sc3c(c2C1c1ccccc1)CCCC3. The van der Waals surface area contributed by atoms with Gasteiger partial charge in [-0.15, -0.1) is 11.3 Å². The van der Waals surface area contributed by atoms with Crippen molar-refractivity contribution >= 4 is 39.6 Å². The zero-order valence-corrected chi connectivity index (χ0v) is 15.8. The Morgan fingerprint density at radius 1 is 1.32 bits per heavy atom. The molecule has 0 bridgehead atoms. The van der Waals surface area contributed by atoms with E-state index in [1.807, 2.05) is 41.5 Å². The number of thiocarbonyl (C=S) groups is 1. The van der Waals surface area contributed by atoms with Crippen LogP contribution >= 0.6 is 23.6 Å². The van der Waals surface area contributed by atoms with E-state index in [4.69, 9.17) is 12.2 Å². The van der Waals surface area contributed by atoms with Gasteiger partial charge in [-0.05, 0) is 49.0 Å². The minimum absolute atomic E-state index is 0.0300. The molecule has 130 valence electrons. The number of nitrogens with zero attached hydrogens (tertiary/aromatic N) is 1. The summed E-state index contributed by atoms with van der Waals surface area (Å²) in [5, 5.41) is 6.89. The Kier molecular flexibility index (Phi) is 4.48.